The standard InChI is InChI=1S/C17H17BrO2/c1-13(19)16-10-9-15(18)12-17(16)20-11-5-8-14-6-3-2-4-7-14/h2-4,6-7,9-10,12H,5,8,11H2,1H3. The lowest BCUT2D eigenvalue weighted by atomic mass is 10.1. The average molecular weight is 333 g/mol. The van der Waals surface area contributed by atoms with Crippen molar-refractivity contribution in [1.29, 1.82) is 0 Å². The summed E-state index contributed by atoms with van der Waals surface area (Å²) in [6.45, 7) is 2.16. The van der Waals surface area contributed by atoms with Gasteiger partial charge in [-0.15, -0.1) is 0 Å². The van der Waals surface area contributed by atoms with E-state index in [0.29, 0.717) is 17.9 Å². The summed E-state index contributed by atoms with van der Waals surface area (Å²) >= 11 is 3.40. The molecule has 0 aliphatic carbocycles. The number of Topliss-reactive ketones (excluding diaryl/α,β-unsaturated/α-hetero) is 1. The van der Waals surface area contributed by atoms with Crippen LogP contribution in [0.5, 0.6) is 5.75 Å². The van der Waals surface area contributed by atoms with Gasteiger partial charge in [0.15, 0.2) is 5.78 Å². The molecule has 3 heteroatoms. The molecule has 0 fully saturated rings. The van der Waals surface area contributed by atoms with Crippen molar-refractivity contribution in [2.75, 3.05) is 6.61 Å². The van der Waals surface area contributed by atoms with Gasteiger partial charge in [0.1, 0.15) is 5.75 Å². The summed E-state index contributed by atoms with van der Waals surface area (Å²) in [7, 11) is 0. The predicted octanol–water partition coefficient (Wildman–Crippen LogP) is 4.66. The van der Waals surface area contributed by atoms with Crippen molar-refractivity contribution in [2.24, 2.45) is 0 Å². The minimum absolute atomic E-state index is 0.0237. The molecule has 20 heavy (non-hydrogen) atoms. The molecule has 104 valence electrons. The van der Waals surface area contributed by atoms with Crippen LogP contribution in [0.2, 0.25) is 0 Å². The summed E-state index contributed by atoms with van der Waals surface area (Å²) < 4.78 is 6.67. The maximum atomic E-state index is 11.5. The molecule has 2 nitrogen and oxygen atoms in total. The molecule has 2 aromatic rings. The first-order valence-electron chi connectivity index (χ1n) is 6.64. The molecule has 2 rings (SSSR count). The SMILES string of the molecule is CC(=O)c1ccc(Br)cc1OCCCc1ccccc1. The molecule has 0 heterocycles. The monoisotopic (exact) mass is 332 g/mol. The van der Waals surface area contributed by atoms with Crippen LogP contribution in [-0.4, -0.2) is 12.4 Å². The molecule has 0 aliphatic rings. The summed E-state index contributed by atoms with van der Waals surface area (Å²) in [6.07, 6.45) is 1.90. The normalized spacial score (nSPS) is 10.3. The lowest BCUT2D eigenvalue weighted by Crippen LogP contribution is -2.04. The Hall–Kier alpha value is -1.61. The van der Waals surface area contributed by atoms with E-state index in [2.05, 4.69) is 28.1 Å². The van der Waals surface area contributed by atoms with Crippen LogP contribution < -0.4 is 4.74 Å². The number of aryl methyl sites for hydroxylation is 1. The number of carbonyl (C=O) groups excluding carboxylic acids is 1. The average Bonchev–Trinajstić information content (AvgIpc) is 2.44. The van der Waals surface area contributed by atoms with Crippen LogP contribution in [0, 0.1) is 0 Å². The van der Waals surface area contributed by atoms with Crippen LogP contribution in [0.4, 0.5) is 0 Å². The Morgan fingerprint density at radius 2 is 1.90 bits per heavy atom. The van der Waals surface area contributed by atoms with E-state index in [1.165, 1.54) is 5.56 Å². The van der Waals surface area contributed by atoms with Crippen molar-refractivity contribution in [1.82, 2.24) is 0 Å². The van der Waals surface area contributed by atoms with Crippen LogP contribution in [0.1, 0.15) is 29.3 Å². The van der Waals surface area contributed by atoms with E-state index in [4.69, 9.17) is 4.74 Å². The van der Waals surface area contributed by atoms with Gasteiger partial charge in [-0.25, -0.2) is 0 Å². The molecule has 0 radical (unpaired) electrons. The third-order valence-corrected chi connectivity index (χ3v) is 3.53. The molecule has 0 saturated heterocycles. The number of carbonyl (C=O) groups is 1. The van der Waals surface area contributed by atoms with Gasteiger partial charge in [-0.1, -0.05) is 46.3 Å². The van der Waals surface area contributed by atoms with Crippen molar-refractivity contribution in [2.45, 2.75) is 19.8 Å². The number of hydrogen-bond donors (Lipinski definition) is 0. The quantitative estimate of drug-likeness (QED) is 0.567. The number of rotatable bonds is 6. The Labute approximate surface area is 127 Å². The summed E-state index contributed by atoms with van der Waals surface area (Å²) in [4.78, 5) is 11.5. The second kappa shape index (κ2) is 7.25. The summed E-state index contributed by atoms with van der Waals surface area (Å²) in [6, 6.07) is 15.8. The molecule has 0 atom stereocenters. The van der Waals surface area contributed by atoms with Gasteiger partial charge in [0, 0.05) is 4.47 Å². The van der Waals surface area contributed by atoms with Crippen molar-refractivity contribution in [3.05, 3.63) is 64.1 Å². The molecular formula is C17H17BrO2. The lowest BCUT2D eigenvalue weighted by Gasteiger charge is -2.10. The number of benzene rings is 2. The van der Waals surface area contributed by atoms with Gasteiger partial charge in [0.2, 0.25) is 0 Å². The Morgan fingerprint density at radius 3 is 2.60 bits per heavy atom. The van der Waals surface area contributed by atoms with Gasteiger partial charge < -0.3 is 4.74 Å². The first-order valence-corrected chi connectivity index (χ1v) is 7.43. The zero-order valence-corrected chi connectivity index (χ0v) is 13.0. The highest BCUT2D eigenvalue weighted by Crippen LogP contribution is 2.24. The molecular weight excluding hydrogens is 316 g/mol. The van der Waals surface area contributed by atoms with Crippen LogP contribution in [0.3, 0.4) is 0 Å². The number of ketones is 1. The highest BCUT2D eigenvalue weighted by Gasteiger charge is 2.08. The number of hydrogen-bond acceptors (Lipinski definition) is 2. The second-order valence-electron chi connectivity index (χ2n) is 4.63. The van der Waals surface area contributed by atoms with Crippen LogP contribution >= 0.6 is 15.9 Å². The molecule has 0 unspecified atom stereocenters. The Kier molecular flexibility index (Phi) is 5.36. The third kappa shape index (κ3) is 4.20. The Bertz CT molecular complexity index is 579. The minimum Gasteiger partial charge on any atom is -0.493 e. The summed E-state index contributed by atoms with van der Waals surface area (Å²) in [5, 5.41) is 0. The van der Waals surface area contributed by atoms with Crippen molar-refractivity contribution in [3.8, 4) is 5.75 Å². The molecule has 2 aromatic carbocycles. The lowest BCUT2D eigenvalue weighted by molar-refractivity contribution is 0.101. The molecule has 0 N–H and O–H groups in total. The van der Waals surface area contributed by atoms with E-state index in [1.54, 1.807) is 13.0 Å². The molecule has 0 aromatic heterocycles. The fourth-order valence-electron chi connectivity index (χ4n) is 2.01. The van der Waals surface area contributed by atoms with Gasteiger partial charge in [0.25, 0.3) is 0 Å². The van der Waals surface area contributed by atoms with Gasteiger partial charge in [-0.3, -0.25) is 4.79 Å². The van der Waals surface area contributed by atoms with E-state index < -0.39 is 0 Å². The highest BCUT2D eigenvalue weighted by molar-refractivity contribution is 9.10. The summed E-state index contributed by atoms with van der Waals surface area (Å²) in [5.74, 6) is 0.676. The maximum Gasteiger partial charge on any atom is 0.163 e. The van der Waals surface area contributed by atoms with E-state index in [9.17, 15) is 4.79 Å². The topological polar surface area (TPSA) is 26.3 Å². The van der Waals surface area contributed by atoms with Gasteiger partial charge in [-0.05, 0) is 43.5 Å². The molecule has 0 saturated carbocycles. The number of ether oxygens (including phenoxy) is 1. The first-order chi connectivity index (χ1) is 9.66. The fourth-order valence-corrected chi connectivity index (χ4v) is 2.35. The highest BCUT2D eigenvalue weighted by atomic mass is 79.9. The first kappa shape index (κ1) is 14.8. The van der Waals surface area contributed by atoms with Crippen LogP contribution in [-0.2, 0) is 6.42 Å². The number of halogens is 1. The van der Waals surface area contributed by atoms with E-state index in [0.717, 1.165) is 17.3 Å². The largest absolute Gasteiger partial charge is 0.493 e. The Morgan fingerprint density at radius 1 is 1.15 bits per heavy atom. The molecule has 0 aliphatic heterocycles. The third-order valence-electron chi connectivity index (χ3n) is 3.03. The fraction of sp³-hybridized carbons (Fsp3) is 0.235. The van der Waals surface area contributed by atoms with E-state index in [1.807, 2.05) is 30.3 Å². The molecule has 0 bridgehead atoms. The van der Waals surface area contributed by atoms with Crippen molar-refractivity contribution in [3.63, 3.8) is 0 Å². The van der Waals surface area contributed by atoms with E-state index in [-0.39, 0.29) is 5.78 Å². The van der Waals surface area contributed by atoms with Gasteiger partial charge in [0.05, 0.1) is 12.2 Å². The van der Waals surface area contributed by atoms with Crippen LogP contribution in [0.15, 0.2) is 53.0 Å². The second-order valence-corrected chi connectivity index (χ2v) is 5.55. The van der Waals surface area contributed by atoms with Crippen molar-refractivity contribution >= 4 is 21.7 Å². The molecule has 0 spiro atoms. The summed E-state index contributed by atoms with van der Waals surface area (Å²) in [5.41, 5.74) is 1.94. The maximum absolute atomic E-state index is 11.5. The predicted molar refractivity (Wildman–Crippen MR) is 84.4 cm³/mol. The zero-order valence-electron chi connectivity index (χ0n) is 11.4. The Balaban J connectivity index is 1.91. The minimum atomic E-state index is 0.0237. The van der Waals surface area contributed by atoms with Gasteiger partial charge in [-0.2, -0.15) is 0 Å². The van der Waals surface area contributed by atoms with Crippen molar-refractivity contribution < 1.29 is 9.53 Å². The smallest absolute Gasteiger partial charge is 0.163 e. The van der Waals surface area contributed by atoms with E-state index >= 15 is 0 Å². The van der Waals surface area contributed by atoms with Crippen LogP contribution in [0.25, 0.3) is 0 Å². The zero-order chi connectivity index (χ0) is 14.4. The van der Waals surface area contributed by atoms with Gasteiger partial charge >= 0.3 is 0 Å². The molecule has 0 amide bonds.